The zero-order valence-electron chi connectivity index (χ0n) is 12.8. The summed E-state index contributed by atoms with van der Waals surface area (Å²) in [4.78, 5) is 25.9. The van der Waals surface area contributed by atoms with Crippen molar-refractivity contribution >= 4 is 46.3 Å². The van der Waals surface area contributed by atoms with Crippen LogP contribution < -0.4 is 0 Å². The standard InChI is InChI=1S/C18H12FNO3S2/c19-13-8-6-11(7-9-13)10-14-16(21)20(18(24)25-14)15(17(22)23)12-4-2-1-3-5-12/h1-10,15H,(H,22,23)/b14-10-. The second-order valence-electron chi connectivity index (χ2n) is 5.25. The van der Waals surface area contributed by atoms with Gasteiger partial charge in [0.1, 0.15) is 10.1 Å². The van der Waals surface area contributed by atoms with Gasteiger partial charge in [-0.15, -0.1) is 0 Å². The van der Waals surface area contributed by atoms with E-state index < -0.39 is 17.9 Å². The highest BCUT2D eigenvalue weighted by Crippen LogP contribution is 2.38. The van der Waals surface area contributed by atoms with Gasteiger partial charge in [0.05, 0.1) is 4.91 Å². The van der Waals surface area contributed by atoms with E-state index in [0.29, 0.717) is 16.0 Å². The molecular weight excluding hydrogens is 361 g/mol. The van der Waals surface area contributed by atoms with Crippen molar-refractivity contribution in [2.45, 2.75) is 6.04 Å². The number of carbonyl (C=O) groups excluding carboxylic acids is 1. The Kier molecular flexibility index (Phi) is 4.96. The summed E-state index contributed by atoms with van der Waals surface area (Å²) in [7, 11) is 0. The molecule has 0 aromatic heterocycles. The molecule has 1 N–H and O–H groups in total. The molecule has 7 heteroatoms. The molecule has 2 aromatic rings. The highest BCUT2D eigenvalue weighted by molar-refractivity contribution is 8.26. The van der Waals surface area contributed by atoms with E-state index in [-0.39, 0.29) is 10.1 Å². The number of rotatable bonds is 4. The SMILES string of the molecule is O=C(O)C(c1ccccc1)N1C(=O)/C(=C/c2ccc(F)cc2)SC1=S. The molecule has 0 aliphatic carbocycles. The third-order valence-corrected chi connectivity index (χ3v) is 4.93. The van der Waals surface area contributed by atoms with Gasteiger partial charge in [-0.3, -0.25) is 9.69 Å². The lowest BCUT2D eigenvalue weighted by Gasteiger charge is -2.23. The number of hydrogen-bond donors (Lipinski definition) is 1. The summed E-state index contributed by atoms with van der Waals surface area (Å²) in [5.41, 5.74) is 1.10. The highest BCUT2D eigenvalue weighted by Gasteiger charge is 2.41. The lowest BCUT2D eigenvalue weighted by atomic mass is 10.1. The number of carboxylic acid groups (broad SMARTS) is 1. The van der Waals surface area contributed by atoms with Crippen molar-refractivity contribution in [3.63, 3.8) is 0 Å². The van der Waals surface area contributed by atoms with Crippen molar-refractivity contribution < 1.29 is 19.1 Å². The molecule has 0 radical (unpaired) electrons. The Morgan fingerprint density at radius 1 is 1.16 bits per heavy atom. The molecule has 0 bridgehead atoms. The van der Waals surface area contributed by atoms with Crippen LogP contribution in [0.1, 0.15) is 17.2 Å². The first-order chi connectivity index (χ1) is 12.0. The van der Waals surface area contributed by atoms with Crippen molar-refractivity contribution in [2.24, 2.45) is 0 Å². The lowest BCUT2D eigenvalue weighted by molar-refractivity contribution is -0.145. The first-order valence-electron chi connectivity index (χ1n) is 7.28. The summed E-state index contributed by atoms with van der Waals surface area (Å²) in [5, 5.41) is 9.61. The maximum Gasteiger partial charge on any atom is 0.331 e. The van der Waals surface area contributed by atoms with E-state index >= 15 is 0 Å². The van der Waals surface area contributed by atoms with Crippen LogP contribution in [0.3, 0.4) is 0 Å². The smallest absolute Gasteiger partial charge is 0.331 e. The van der Waals surface area contributed by atoms with Crippen LogP contribution in [-0.2, 0) is 9.59 Å². The fourth-order valence-electron chi connectivity index (χ4n) is 2.45. The van der Waals surface area contributed by atoms with Crippen molar-refractivity contribution in [3.05, 3.63) is 76.4 Å². The zero-order valence-corrected chi connectivity index (χ0v) is 14.4. The van der Waals surface area contributed by atoms with E-state index in [2.05, 4.69) is 0 Å². The van der Waals surface area contributed by atoms with Gasteiger partial charge in [0.15, 0.2) is 6.04 Å². The summed E-state index contributed by atoms with van der Waals surface area (Å²) in [6.45, 7) is 0. The normalized spacial score (nSPS) is 17.2. The van der Waals surface area contributed by atoms with Gasteiger partial charge in [-0.2, -0.15) is 0 Å². The van der Waals surface area contributed by atoms with Gasteiger partial charge >= 0.3 is 5.97 Å². The van der Waals surface area contributed by atoms with Gasteiger partial charge in [-0.05, 0) is 29.3 Å². The van der Waals surface area contributed by atoms with Crippen LogP contribution >= 0.6 is 24.0 Å². The van der Waals surface area contributed by atoms with E-state index in [9.17, 15) is 19.1 Å². The molecule has 1 aliphatic rings. The van der Waals surface area contributed by atoms with Crippen LogP contribution in [0.4, 0.5) is 4.39 Å². The summed E-state index contributed by atoms with van der Waals surface area (Å²) in [5.74, 6) is -2.01. The molecule has 1 saturated heterocycles. The number of carboxylic acids is 1. The summed E-state index contributed by atoms with van der Waals surface area (Å²) in [6.07, 6.45) is 1.57. The van der Waals surface area contributed by atoms with Gasteiger partial charge in [0.2, 0.25) is 0 Å². The summed E-state index contributed by atoms with van der Waals surface area (Å²) < 4.78 is 13.2. The quantitative estimate of drug-likeness (QED) is 0.652. The number of amides is 1. The lowest BCUT2D eigenvalue weighted by Crippen LogP contribution is -2.37. The van der Waals surface area contributed by atoms with E-state index in [0.717, 1.165) is 16.7 Å². The number of carbonyl (C=O) groups is 2. The molecule has 126 valence electrons. The topological polar surface area (TPSA) is 57.6 Å². The predicted octanol–water partition coefficient (Wildman–Crippen LogP) is 3.85. The maximum atomic E-state index is 13.0. The van der Waals surface area contributed by atoms with Crippen molar-refractivity contribution in [3.8, 4) is 0 Å². The molecule has 4 nitrogen and oxygen atoms in total. The monoisotopic (exact) mass is 373 g/mol. The highest BCUT2D eigenvalue weighted by atomic mass is 32.2. The van der Waals surface area contributed by atoms with Crippen LogP contribution in [0, 0.1) is 5.82 Å². The number of halogens is 1. The molecule has 1 fully saturated rings. The number of benzene rings is 2. The fraction of sp³-hybridized carbons (Fsp3) is 0.0556. The molecular formula is C18H12FNO3S2. The van der Waals surface area contributed by atoms with Crippen LogP contribution in [0.5, 0.6) is 0 Å². The van der Waals surface area contributed by atoms with Crippen molar-refractivity contribution in [2.75, 3.05) is 0 Å². The van der Waals surface area contributed by atoms with E-state index in [4.69, 9.17) is 12.2 Å². The Labute approximate surface area is 153 Å². The van der Waals surface area contributed by atoms with Gasteiger partial charge in [-0.1, -0.05) is 66.4 Å². The first kappa shape index (κ1) is 17.3. The average molecular weight is 373 g/mol. The molecule has 1 aliphatic heterocycles. The van der Waals surface area contributed by atoms with Crippen molar-refractivity contribution in [1.82, 2.24) is 4.90 Å². The Balaban J connectivity index is 1.95. The van der Waals surface area contributed by atoms with Gasteiger partial charge in [0.25, 0.3) is 5.91 Å². The molecule has 25 heavy (non-hydrogen) atoms. The summed E-state index contributed by atoms with van der Waals surface area (Å²) in [6, 6.07) is 12.9. The van der Waals surface area contributed by atoms with Gasteiger partial charge < -0.3 is 5.11 Å². The number of nitrogens with zero attached hydrogens (tertiary/aromatic N) is 1. The molecule has 1 unspecified atom stereocenters. The predicted molar refractivity (Wildman–Crippen MR) is 98.2 cm³/mol. The zero-order chi connectivity index (χ0) is 18.0. The second kappa shape index (κ2) is 7.16. The van der Waals surface area contributed by atoms with Gasteiger partial charge in [0, 0.05) is 0 Å². The maximum absolute atomic E-state index is 13.0. The van der Waals surface area contributed by atoms with E-state index in [1.807, 2.05) is 0 Å². The molecule has 3 rings (SSSR count). The van der Waals surface area contributed by atoms with Crippen LogP contribution in [0.15, 0.2) is 59.5 Å². The van der Waals surface area contributed by atoms with Crippen LogP contribution in [0.25, 0.3) is 6.08 Å². The summed E-state index contributed by atoms with van der Waals surface area (Å²) >= 11 is 6.26. The average Bonchev–Trinajstić information content (AvgIpc) is 2.86. The molecule has 2 aromatic carbocycles. The molecule has 1 heterocycles. The molecule has 1 amide bonds. The minimum absolute atomic E-state index is 0.176. The van der Waals surface area contributed by atoms with E-state index in [1.165, 1.54) is 24.3 Å². The fourth-order valence-corrected chi connectivity index (χ4v) is 3.76. The molecule has 0 saturated carbocycles. The number of hydrogen-bond acceptors (Lipinski definition) is 4. The van der Waals surface area contributed by atoms with Crippen LogP contribution in [-0.4, -0.2) is 26.2 Å². The Bertz CT molecular complexity index is 866. The molecule has 0 spiro atoms. The third kappa shape index (κ3) is 3.62. The second-order valence-corrected chi connectivity index (χ2v) is 6.93. The Morgan fingerprint density at radius 2 is 1.80 bits per heavy atom. The minimum atomic E-state index is -1.19. The first-order valence-corrected chi connectivity index (χ1v) is 8.50. The van der Waals surface area contributed by atoms with Crippen LogP contribution in [0.2, 0.25) is 0 Å². The number of thiocarbonyl (C=S) groups is 1. The Morgan fingerprint density at radius 3 is 2.40 bits per heavy atom. The number of thioether (sulfide) groups is 1. The minimum Gasteiger partial charge on any atom is -0.479 e. The largest absolute Gasteiger partial charge is 0.479 e. The molecule has 1 atom stereocenters. The van der Waals surface area contributed by atoms with E-state index in [1.54, 1.807) is 36.4 Å². The number of aliphatic carboxylic acids is 1. The third-order valence-electron chi connectivity index (χ3n) is 3.60. The van der Waals surface area contributed by atoms with Crippen molar-refractivity contribution in [1.29, 1.82) is 0 Å². The Hall–Kier alpha value is -2.51. The van der Waals surface area contributed by atoms with Gasteiger partial charge in [-0.25, -0.2) is 9.18 Å².